The highest BCUT2D eigenvalue weighted by atomic mass is 19.1. The van der Waals surface area contributed by atoms with Gasteiger partial charge in [0.05, 0.1) is 5.69 Å². The van der Waals surface area contributed by atoms with Gasteiger partial charge in [-0.1, -0.05) is 12.1 Å². The van der Waals surface area contributed by atoms with Crippen LogP contribution in [0.5, 0.6) is 0 Å². The maximum absolute atomic E-state index is 12.9. The van der Waals surface area contributed by atoms with Crippen molar-refractivity contribution in [1.29, 1.82) is 0 Å². The van der Waals surface area contributed by atoms with E-state index < -0.39 is 5.97 Å². The van der Waals surface area contributed by atoms with Crippen LogP contribution in [0, 0.1) is 5.82 Å². The maximum Gasteiger partial charge on any atom is 0.325 e. The van der Waals surface area contributed by atoms with Crippen molar-refractivity contribution in [2.75, 3.05) is 13.1 Å². The van der Waals surface area contributed by atoms with E-state index in [9.17, 15) is 14.0 Å². The van der Waals surface area contributed by atoms with Gasteiger partial charge in [-0.25, -0.2) is 4.39 Å². The third-order valence-electron chi connectivity index (χ3n) is 4.92. The summed E-state index contributed by atoms with van der Waals surface area (Å²) < 4.78 is 14.3. The highest BCUT2D eigenvalue weighted by Gasteiger charge is 2.26. The molecule has 1 amide bonds. The molecule has 1 fully saturated rings. The van der Waals surface area contributed by atoms with Crippen molar-refractivity contribution in [3.8, 4) is 0 Å². The van der Waals surface area contributed by atoms with E-state index in [1.165, 1.54) is 16.8 Å². The molecule has 27 heavy (non-hydrogen) atoms. The Kier molecular flexibility index (Phi) is 6.21. The molecule has 1 aliphatic rings. The third kappa shape index (κ3) is 5.39. The van der Waals surface area contributed by atoms with Gasteiger partial charge in [0.15, 0.2) is 0 Å². The molecule has 6 nitrogen and oxygen atoms in total. The van der Waals surface area contributed by atoms with Crippen LogP contribution in [0.2, 0.25) is 0 Å². The Labute approximate surface area is 157 Å². The predicted molar refractivity (Wildman–Crippen MR) is 97.8 cm³/mol. The van der Waals surface area contributed by atoms with Crippen LogP contribution in [0.1, 0.15) is 42.9 Å². The fraction of sp³-hybridized carbons (Fsp3) is 0.450. The van der Waals surface area contributed by atoms with E-state index in [0.29, 0.717) is 13.0 Å². The van der Waals surface area contributed by atoms with E-state index in [1.807, 2.05) is 11.0 Å². The van der Waals surface area contributed by atoms with E-state index in [1.54, 1.807) is 18.3 Å². The summed E-state index contributed by atoms with van der Waals surface area (Å²) in [6, 6.07) is 8.23. The molecule has 1 aromatic heterocycles. The number of benzene rings is 1. The maximum atomic E-state index is 12.9. The number of aliphatic carboxylic acids is 1. The highest BCUT2D eigenvalue weighted by Crippen LogP contribution is 2.26. The van der Waals surface area contributed by atoms with Crippen LogP contribution in [0.3, 0.4) is 0 Å². The molecule has 1 N–H and O–H groups in total. The van der Waals surface area contributed by atoms with Crippen molar-refractivity contribution < 1.29 is 19.1 Å². The summed E-state index contributed by atoms with van der Waals surface area (Å²) in [7, 11) is 0. The Hall–Kier alpha value is -2.70. The van der Waals surface area contributed by atoms with Crippen molar-refractivity contribution in [2.24, 2.45) is 0 Å². The van der Waals surface area contributed by atoms with E-state index in [4.69, 9.17) is 5.11 Å². The number of likely N-dealkylation sites (tertiary alicyclic amines) is 1. The molecule has 2 heterocycles. The lowest BCUT2D eigenvalue weighted by Crippen LogP contribution is -2.39. The summed E-state index contributed by atoms with van der Waals surface area (Å²) >= 11 is 0. The molecule has 0 spiro atoms. The van der Waals surface area contributed by atoms with Crippen molar-refractivity contribution >= 4 is 11.9 Å². The summed E-state index contributed by atoms with van der Waals surface area (Å²) in [4.78, 5) is 25.2. The number of carbonyl (C=O) groups is 2. The average molecular weight is 373 g/mol. The zero-order valence-corrected chi connectivity index (χ0v) is 15.2. The van der Waals surface area contributed by atoms with Gasteiger partial charge < -0.3 is 10.0 Å². The molecule has 0 radical (unpaired) electrons. The van der Waals surface area contributed by atoms with Crippen LogP contribution >= 0.6 is 0 Å². The molecule has 1 saturated heterocycles. The van der Waals surface area contributed by atoms with Crippen LogP contribution < -0.4 is 0 Å². The van der Waals surface area contributed by atoms with Crippen LogP contribution in [0.15, 0.2) is 36.5 Å². The Balaban J connectivity index is 1.49. The molecule has 7 heteroatoms. The van der Waals surface area contributed by atoms with Crippen LogP contribution in [-0.4, -0.2) is 44.8 Å². The van der Waals surface area contributed by atoms with Gasteiger partial charge in [0.2, 0.25) is 5.91 Å². The van der Waals surface area contributed by atoms with Crippen molar-refractivity contribution in [1.82, 2.24) is 14.7 Å². The van der Waals surface area contributed by atoms with Gasteiger partial charge >= 0.3 is 5.97 Å². The standard InChI is InChI=1S/C20H24FN3O3/c21-17-8-6-15(7-9-17)3-1-5-19(25)23-11-2-4-16(13-23)18-10-12-24(22-18)14-20(26)27/h6-10,12,16H,1-5,11,13-14H2,(H,26,27). The second kappa shape index (κ2) is 8.79. The van der Waals surface area contributed by atoms with Crippen LogP contribution in [0.4, 0.5) is 4.39 Å². The van der Waals surface area contributed by atoms with Gasteiger partial charge in [0, 0.05) is 31.6 Å². The van der Waals surface area contributed by atoms with Gasteiger partial charge in [-0.3, -0.25) is 14.3 Å². The van der Waals surface area contributed by atoms with Gasteiger partial charge in [-0.05, 0) is 49.4 Å². The number of hydrogen-bond donors (Lipinski definition) is 1. The Morgan fingerprint density at radius 3 is 2.74 bits per heavy atom. The average Bonchev–Trinajstić information content (AvgIpc) is 3.11. The number of halogens is 1. The Bertz CT molecular complexity index is 788. The number of carboxylic acids is 1. The molecule has 1 atom stereocenters. The minimum Gasteiger partial charge on any atom is -0.480 e. The summed E-state index contributed by atoms with van der Waals surface area (Å²) in [5.74, 6) is -0.896. The molecule has 3 rings (SSSR count). The SMILES string of the molecule is O=C(O)Cn1ccc(C2CCCN(C(=O)CCCc3ccc(F)cc3)C2)n1. The van der Waals surface area contributed by atoms with Gasteiger partial charge in [0.25, 0.3) is 0 Å². The number of carbonyl (C=O) groups excluding carboxylic acids is 1. The number of hydrogen-bond acceptors (Lipinski definition) is 3. The summed E-state index contributed by atoms with van der Waals surface area (Å²) in [6.07, 6.45) is 5.50. The topological polar surface area (TPSA) is 75.4 Å². The fourth-order valence-electron chi connectivity index (χ4n) is 3.52. The summed E-state index contributed by atoms with van der Waals surface area (Å²) in [5, 5.41) is 13.2. The molecule has 144 valence electrons. The molecule has 1 aromatic carbocycles. The second-order valence-corrected chi connectivity index (χ2v) is 6.99. The highest BCUT2D eigenvalue weighted by molar-refractivity contribution is 5.76. The molecule has 1 unspecified atom stereocenters. The van der Waals surface area contributed by atoms with E-state index in [0.717, 1.165) is 43.5 Å². The molecular formula is C20H24FN3O3. The summed E-state index contributed by atoms with van der Waals surface area (Å²) in [5.41, 5.74) is 1.88. The smallest absolute Gasteiger partial charge is 0.325 e. The summed E-state index contributed by atoms with van der Waals surface area (Å²) in [6.45, 7) is 1.22. The third-order valence-corrected chi connectivity index (χ3v) is 4.92. The van der Waals surface area contributed by atoms with Crippen molar-refractivity contribution in [3.63, 3.8) is 0 Å². The fourth-order valence-corrected chi connectivity index (χ4v) is 3.52. The first kappa shape index (κ1) is 19.1. The number of piperidine rings is 1. The van der Waals surface area contributed by atoms with E-state index in [-0.39, 0.29) is 24.2 Å². The van der Waals surface area contributed by atoms with Crippen molar-refractivity contribution in [3.05, 3.63) is 53.6 Å². The number of amides is 1. The van der Waals surface area contributed by atoms with Crippen molar-refractivity contribution in [2.45, 2.75) is 44.6 Å². The lowest BCUT2D eigenvalue weighted by Gasteiger charge is -2.32. The lowest BCUT2D eigenvalue weighted by atomic mass is 9.94. The van der Waals surface area contributed by atoms with Gasteiger partial charge in [-0.2, -0.15) is 5.10 Å². The monoisotopic (exact) mass is 373 g/mol. The number of carboxylic acid groups (broad SMARTS) is 1. The molecule has 1 aliphatic heterocycles. The first-order chi connectivity index (χ1) is 13.0. The minimum atomic E-state index is -0.925. The minimum absolute atomic E-state index is 0.131. The Morgan fingerprint density at radius 2 is 2.00 bits per heavy atom. The first-order valence-corrected chi connectivity index (χ1v) is 9.28. The number of nitrogens with zero attached hydrogens (tertiary/aromatic N) is 3. The van der Waals surface area contributed by atoms with E-state index >= 15 is 0 Å². The number of aromatic nitrogens is 2. The largest absolute Gasteiger partial charge is 0.480 e. The molecule has 2 aromatic rings. The predicted octanol–water partition coefficient (Wildman–Crippen LogP) is 2.84. The van der Waals surface area contributed by atoms with Gasteiger partial charge in [-0.15, -0.1) is 0 Å². The van der Waals surface area contributed by atoms with Crippen LogP contribution in [-0.2, 0) is 22.6 Å². The zero-order chi connectivity index (χ0) is 19.2. The zero-order valence-electron chi connectivity index (χ0n) is 15.2. The first-order valence-electron chi connectivity index (χ1n) is 9.28. The van der Waals surface area contributed by atoms with Gasteiger partial charge in [0.1, 0.15) is 12.4 Å². The second-order valence-electron chi connectivity index (χ2n) is 6.99. The number of aryl methyl sites for hydroxylation is 1. The normalized spacial score (nSPS) is 17.1. The quantitative estimate of drug-likeness (QED) is 0.810. The van der Waals surface area contributed by atoms with Crippen LogP contribution in [0.25, 0.3) is 0 Å². The molecule has 0 bridgehead atoms. The molecule has 0 aliphatic carbocycles. The lowest BCUT2D eigenvalue weighted by molar-refractivity contribution is -0.138. The number of rotatable bonds is 7. The Morgan fingerprint density at radius 1 is 1.22 bits per heavy atom. The molecule has 0 saturated carbocycles. The molecular weight excluding hydrogens is 349 g/mol. The van der Waals surface area contributed by atoms with E-state index in [2.05, 4.69) is 5.10 Å².